The van der Waals surface area contributed by atoms with Gasteiger partial charge in [0.05, 0.1) is 0 Å². The van der Waals surface area contributed by atoms with E-state index in [0.717, 1.165) is 6.54 Å². The van der Waals surface area contributed by atoms with Crippen LogP contribution in [0, 0.1) is 0 Å². The molecule has 2 unspecified atom stereocenters. The molecule has 3 rings (SSSR count). The summed E-state index contributed by atoms with van der Waals surface area (Å²) in [7, 11) is 0. The van der Waals surface area contributed by atoms with Crippen molar-refractivity contribution in [3.63, 3.8) is 0 Å². The van der Waals surface area contributed by atoms with Crippen LogP contribution in [0.5, 0.6) is 0 Å². The third-order valence-corrected chi connectivity index (χ3v) is 3.92. The average Bonchev–Trinajstić information content (AvgIpc) is 2.44. The standard InChI is InChI=1S/C17H19N/c1-14-12-17(16-10-6-3-7-11-16)18(14)13-15-8-4-2-5-9-15/h2-11,14,17H,12-13H2,1H3. The van der Waals surface area contributed by atoms with Crippen molar-refractivity contribution in [2.75, 3.05) is 0 Å². The molecule has 1 saturated heterocycles. The van der Waals surface area contributed by atoms with Crippen LogP contribution in [0.25, 0.3) is 0 Å². The molecule has 0 aliphatic carbocycles. The van der Waals surface area contributed by atoms with E-state index in [1.807, 2.05) is 0 Å². The first kappa shape index (κ1) is 11.5. The maximum absolute atomic E-state index is 2.59. The highest BCUT2D eigenvalue weighted by molar-refractivity contribution is 5.23. The van der Waals surface area contributed by atoms with E-state index in [4.69, 9.17) is 0 Å². The minimum absolute atomic E-state index is 0.599. The second-order valence-corrected chi connectivity index (χ2v) is 5.17. The lowest BCUT2D eigenvalue weighted by Gasteiger charge is -2.47. The Kier molecular flexibility index (Phi) is 3.16. The predicted molar refractivity (Wildman–Crippen MR) is 75.2 cm³/mol. The van der Waals surface area contributed by atoms with Crippen molar-refractivity contribution >= 4 is 0 Å². The first-order chi connectivity index (χ1) is 8.84. The van der Waals surface area contributed by atoms with E-state index in [-0.39, 0.29) is 0 Å². The number of nitrogens with zero attached hydrogens (tertiary/aromatic N) is 1. The summed E-state index contributed by atoms with van der Waals surface area (Å²) in [5, 5.41) is 0. The number of likely N-dealkylation sites (tertiary alicyclic amines) is 1. The van der Waals surface area contributed by atoms with Crippen LogP contribution >= 0.6 is 0 Å². The zero-order valence-electron chi connectivity index (χ0n) is 10.8. The van der Waals surface area contributed by atoms with Crippen molar-refractivity contribution < 1.29 is 0 Å². The lowest BCUT2D eigenvalue weighted by atomic mass is 9.88. The smallest absolute Gasteiger partial charge is 0.0369 e. The summed E-state index contributed by atoms with van der Waals surface area (Å²) in [4.78, 5) is 2.59. The van der Waals surface area contributed by atoms with Crippen molar-refractivity contribution in [2.24, 2.45) is 0 Å². The van der Waals surface area contributed by atoms with Gasteiger partial charge in [0.2, 0.25) is 0 Å². The Labute approximate surface area is 109 Å². The highest BCUT2D eigenvalue weighted by Crippen LogP contribution is 2.39. The average molecular weight is 237 g/mol. The lowest BCUT2D eigenvalue weighted by molar-refractivity contribution is 0.0165. The van der Waals surface area contributed by atoms with Crippen LogP contribution in [0.3, 0.4) is 0 Å². The molecule has 2 aromatic rings. The summed E-state index contributed by atoms with van der Waals surface area (Å²) in [5.41, 5.74) is 2.86. The van der Waals surface area contributed by atoms with Gasteiger partial charge in [0.15, 0.2) is 0 Å². The third kappa shape index (κ3) is 2.19. The molecule has 0 saturated carbocycles. The first-order valence-electron chi connectivity index (χ1n) is 6.69. The molecule has 2 atom stereocenters. The van der Waals surface area contributed by atoms with Crippen LogP contribution in [0.2, 0.25) is 0 Å². The summed E-state index contributed by atoms with van der Waals surface area (Å²) >= 11 is 0. The first-order valence-corrected chi connectivity index (χ1v) is 6.69. The highest BCUT2D eigenvalue weighted by atomic mass is 15.2. The van der Waals surface area contributed by atoms with E-state index in [2.05, 4.69) is 72.5 Å². The van der Waals surface area contributed by atoms with Gasteiger partial charge in [0, 0.05) is 18.6 Å². The molecular weight excluding hydrogens is 218 g/mol. The minimum Gasteiger partial charge on any atom is -0.289 e. The number of hydrogen-bond acceptors (Lipinski definition) is 1. The molecule has 1 heterocycles. The van der Waals surface area contributed by atoms with Crippen molar-refractivity contribution in [3.8, 4) is 0 Å². The summed E-state index contributed by atoms with van der Waals surface area (Å²) in [6.45, 7) is 3.38. The largest absolute Gasteiger partial charge is 0.289 e. The molecule has 1 heteroatoms. The highest BCUT2D eigenvalue weighted by Gasteiger charge is 2.35. The van der Waals surface area contributed by atoms with Gasteiger partial charge in [0.1, 0.15) is 0 Å². The zero-order valence-corrected chi connectivity index (χ0v) is 10.8. The molecular formula is C17H19N. The van der Waals surface area contributed by atoms with E-state index >= 15 is 0 Å². The Morgan fingerprint density at radius 2 is 1.56 bits per heavy atom. The molecule has 0 amide bonds. The monoisotopic (exact) mass is 237 g/mol. The van der Waals surface area contributed by atoms with Crippen LogP contribution in [0.4, 0.5) is 0 Å². The van der Waals surface area contributed by atoms with Gasteiger partial charge < -0.3 is 0 Å². The van der Waals surface area contributed by atoms with Gasteiger partial charge in [0.25, 0.3) is 0 Å². The van der Waals surface area contributed by atoms with E-state index in [1.165, 1.54) is 17.5 Å². The summed E-state index contributed by atoms with van der Waals surface area (Å²) in [6.07, 6.45) is 1.27. The van der Waals surface area contributed by atoms with Gasteiger partial charge in [-0.05, 0) is 24.5 Å². The van der Waals surface area contributed by atoms with Crippen LogP contribution in [-0.4, -0.2) is 10.9 Å². The Morgan fingerprint density at radius 1 is 0.944 bits per heavy atom. The van der Waals surface area contributed by atoms with Crippen molar-refractivity contribution in [1.82, 2.24) is 4.90 Å². The summed E-state index contributed by atoms with van der Waals surface area (Å²) < 4.78 is 0. The maximum Gasteiger partial charge on any atom is 0.0369 e. The minimum atomic E-state index is 0.599. The fourth-order valence-electron chi connectivity index (χ4n) is 2.83. The molecule has 0 N–H and O–H groups in total. The Bertz CT molecular complexity index is 492. The number of rotatable bonds is 3. The second-order valence-electron chi connectivity index (χ2n) is 5.17. The second kappa shape index (κ2) is 4.95. The van der Waals surface area contributed by atoms with Crippen molar-refractivity contribution in [2.45, 2.75) is 32.0 Å². The number of hydrogen-bond donors (Lipinski definition) is 0. The van der Waals surface area contributed by atoms with Crippen molar-refractivity contribution in [3.05, 3.63) is 71.8 Å². The van der Waals surface area contributed by atoms with Gasteiger partial charge in [-0.15, -0.1) is 0 Å². The molecule has 2 aromatic carbocycles. The third-order valence-electron chi connectivity index (χ3n) is 3.92. The molecule has 1 aliphatic heterocycles. The van der Waals surface area contributed by atoms with Crippen LogP contribution < -0.4 is 0 Å². The van der Waals surface area contributed by atoms with E-state index in [9.17, 15) is 0 Å². The molecule has 0 spiro atoms. The fraction of sp³-hybridized carbons (Fsp3) is 0.294. The van der Waals surface area contributed by atoms with Gasteiger partial charge >= 0.3 is 0 Å². The van der Waals surface area contributed by atoms with Crippen molar-refractivity contribution in [1.29, 1.82) is 0 Å². The topological polar surface area (TPSA) is 3.24 Å². The van der Waals surface area contributed by atoms with Crippen LogP contribution in [0.1, 0.15) is 30.5 Å². The van der Waals surface area contributed by atoms with Crippen LogP contribution in [0.15, 0.2) is 60.7 Å². The maximum atomic E-state index is 2.59. The molecule has 1 aliphatic rings. The van der Waals surface area contributed by atoms with Gasteiger partial charge in [-0.2, -0.15) is 0 Å². The molecule has 0 bridgehead atoms. The molecule has 18 heavy (non-hydrogen) atoms. The quantitative estimate of drug-likeness (QED) is 0.779. The summed E-state index contributed by atoms with van der Waals surface area (Å²) in [6, 6.07) is 22.9. The predicted octanol–water partition coefficient (Wildman–Crippen LogP) is 4.02. The lowest BCUT2D eigenvalue weighted by Crippen LogP contribution is -2.47. The van der Waals surface area contributed by atoms with E-state index < -0.39 is 0 Å². The SMILES string of the molecule is CC1CC(c2ccccc2)N1Cc1ccccc1. The number of benzene rings is 2. The normalized spacial score (nSPS) is 23.6. The molecule has 0 aromatic heterocycles. The summed E-state index contributed by atoms with van der Waals surface area (Å²) in [5.74, 6) is 0. The van der Waals surface area contributed by atoms with Crippen LogP contribution in [-0.2, 0) is 6.54 Å². The zero-order chi connectivity index (χ0) is 12.4. The Morgan fingerprint density at radius 3 is 2.17 bits per heavy atom. The molecule has 92 valence electrons. The Balaban J connectivity index is 1.75. The van der Waals surface area contributed by atoms with E-state index in [0.29, 0.717) is 12.1 Å². The van der Waals surface area contributed by atoms with Gasteiger partial charge in [-0.1, -0.05) is 60.7 Å². The molecule has 1 nitrogen and oxygen atoms in total. The van der Waals surface area contributed by atoms with Gasteiger partial charge in [-0.25, -0.2) is 0 Å². The fourth-order valence-corrected chi connectivity index (χ4v) is 2.83. The van der Waals surface area contributed by atoms with E-state index in [1.54, 1.807) is 0 Å². The molecule has 1 fully saturated rings. The Hall–Kier alpha value is -1.60. The van der Waals surface area contributed by atoms with Gasteiger partial charge in [-0.3, -0.25) is 4.90 Å². The molecule has 0 radical (unpaired) electrons.